The van der Waals surface area contributed by atoms with E-state index in [4.69, 9.17) is 4.74 Å². The molecule has 1 aromatic heterocycles. The standard InChI is InChI=1S/C25H30N4O/c1-17-6-4-5-7-22(17)25-23-16-29(15-20(23)13-28(25)2)14-19-12-26-27-24(19)18-8-10-21(30-3)11-9-18/h4-12,20,23,25H,13-16H2,1-3H3,(H,26,27)/t20-,23+,25-/m0/s1. The summed E-state index contributed by atoms with van der Waals surface area (Å²) < 4.78 is 5.29. The highest BCUT2D eigenvalue weighted by Gasteiger charge is 2.46. The number of hydrogen-bond donors (Lipinski definition) is 1. The summed E-state index contributed by atoms with van der Waals surface area (Å²) in [5.41, 5.74) is 6.44. The van der Waals surface area contributed by atoms with E-state index >= 15 is 0 Å². The smallest absolute Gasteiger partial charge is 0.118 e. The first-order valence-corrected chi connectivity index (χ1v) is 10.8. The Hall–Kier alpha value is -2.63. The highest BCUT2D eigenvalue weighted by atomic mass is 16.5. The number of fused-ring (bicyclic) bond motifs is 1. The van der Waals surface area contributed by atoms with Crippen molar-refractivity contribution in [1.82, 2.24) is 20.0 Å². The lowest BCUT2D eigenvalue weighted by atomic mass is 9.88. The van der Waals surface area contributed by atoms with E-state index in [9.17, 15) is 0 Å². The Morgan fingerprint density at radius 1 is 1.07 bits per heavy atom. The van der Waals surface area contributed by atoms with Crippen LogP contribution >= 0.6 is 0 Å². The Labute approximate surface area is 178 Å². The summed E-state index contributed by atoms with van der Waals surface area (Å²) in [6, 6.07) is 17.6. The van der Waals surface area contributed by atoms with Crippen molar-refractivity contribution in [2.75, 3.05) is 33.8 Å². The molecule has 2 aliphatic rings. The first kappa shape index (κ1) is 19.3. The van der Waals surface area contributed by atoms with Gasteiger partial charge in [-0.05, 0) is 61.2 Å². The molecule has 2 aromatic carbocycles. The van der Waals surface area contributed by atoms with Crippen LogP contribution in [0.1, 0.15) is 22.7 Å². The average Bonchev–Trinajstić information content (AvgIpc) is 3.44. The quantitative estimate of drug-likeness (QED) is 0.697. The number of nitrogens with one attached hydrogen (secondary N) is 1. The van der Waals surface area contributed by atoms with Crippen molar-refractivity contribution in [3.63, 3.8) is 0 Å². The van der Waals surface area contributed by atoms with Crippen LogP contribution in [0.2, 0.25) is 0 Å². The number of likely N-dealkylation sites (tertiary alicyclic amines) is 2. The Kier molecular flexibility index (Phi) is 5.09. The number of H-pyrrole nitrogens is 1. The van der Waals surface area contributed by atoms with Crippen molar-refractivity contribution in [2.45, 2.75) is 19.5 Å². The van der Waals surface area contributed by atoms with Gasteiger partial charge in [0.25, 0.3) is 0 Å². The number of benzene rings is 2. The highest BCUT2D eigenvalue weighted by Crippen LogP contribution is 2.45. The average molecular weight is 403 g/mol. The van der Waals surface area contributed by atoms with Crippen molar-refractivity contribution in [1.29, 1.82) is 0 Å². The molecule has 1 N–H and O–H groups in total. The number of methoxy groups -OCH3 is 1. The molecular formula is C25H30N4O. The molecule has 0 saturated carbocycles. The van der Waals surface area contributed by atoms with Crippen LogP contribution in [0.15, 0.2) is 54.7 Å². The van der Waals surface area contributed by atoms with Crippen LogP contribution in [0.3, 0.4) is 0 Å². The molecule has 0 aliphatic carbocycles. The van der Waals surface area contributed by atoms with Crippen LogP contribution in [-0.2, 0) is 6.54 Å². The van der Waals surface area contributed by atoms with Gasteiger partial charge in [0, 0.05) is 43.3 Å². The molecule has 0 radical (unpaired) electrons. The van der Waals surface area contributed by atoms with Gasteiger partial charge < -0.3 is 4.74 Å². The normalized spacial score (nSPS) is 24.3. The van der Waals surface area contributed by atoms with E-state index in [0.717, 1.165) is 42.6 Å². The molecule has 0 amide bonds. The fourth-order valence-corrected chi connectivity index (χ4v) is 5.55. The Bertz CT molecular complexity index is 1010. The van der Waals surface area contributed by atoms with E-state index in [1.54, 1.807) is 7.11 Å². The lowest BCUT2D eigenvalue weighted by Crippen LogP contribution is -2.29. The summed E-state index contributed by atoms with van der Waals surface area (Å²) in [6.07, 6.45) is 1.98. The molecule has 156 valence electrons. The third-order valence-electron chi connectivity index (χ3n) is 6.97. The third kappa shape index (κ3) is 3.42. The lowest BCUT2D eigenvalue weighted by molar-refractivity contribution is 0.224. The van der Waals surface area contributed by atoms with Gasteiger partial charge in [-0.15, -0.1) is 0 Å². The van der Waals surface area contributed by atoms with Gasteiger partial charge in [-0.1, -0.05) is 24.3 Å². The maximum absolute atomic E-state index is 5.29. The number of nitrogens with zero attached hydrogens (tertiary/aromatic N) is 3. The summed E-state index contributed by atoms with van der Waals surface area (Å²) in [4.78, 5) is 5.18. The summed E-state index contributed by atoms with van der Waals surface area (Å²) in [5.74, 6) is 2.29. The van der Waals surface area contributed by atoms with Crippen LogP contribution in [0, 0.1) is 18.8 Å². The Morgan fingerprint density at radius 3 is 2.63 bits per heavy atom. The van der Waals surface area contributed by atoms with Crippen LogP contribution in [0.4, 0.5) is 0 Å². The second-order valence-electron chi connectivity index (χ2n) is 8.86. The van der Waals surface area contributed by atoms with Crippen LogP contribution in [-0.4, -0.2) is 53.8 Å². The highest BCUT2D eigenvalue weighted by molar-refractivity contribution is 5.63. The molecule has 3 aromatic rings. The number of aryl methyl sites for hydroxylation is 1. The van der Waals surface area contributed by atoms with Gasteiger partial charge in [-0.25, -0.2) is 0 Å². The minimum atomic E-state index is 0.520. The monoisotopic (exact) mass is 402 g/mol. The zero-order chi connectivity index (χ0) is 20.7. The topological polar surface area (TPSA) is 44.4 Å². The van der Waals surface area contributed by atoms with Gasteiger partial charge in [0.05, 0.1) is 19.0 Å². The Balaban J connectivity index is 1.33. The summed E-state index contributed by atoms with van der Waals surface area (Å²) in [7, 11) is 3.99. The third-order valence-corrected chi connectivity index (χ3v) is 6.97. The molecule has 5 heteroatoms. The molecule has 2 saturated heterocycles. The molecule has 0 unspecified atom stereocenters. The van der Waals surface area contributed by atoms with Crippen LogP contribution in [0.25, 0.3) is 11.3 Å². The molecule has 30 heavy (non-hydrogen) atoms. The van der Waals surface area contributed by atoms with Gasteiger partial charge in [-0.2, -0.15) is 5.10 Å². The summed E-state index contributed by atoms with van der Waals surface area (Å²) >= 11 is 0. The summed E-state index contributed by atoms with van der Waals surface area (Å²) in [5, 5.41) is 7.56. The van der Waals surface area contributed by atoms with Gasteiger partial charge >= 0.3 is 0 Å². The molecule has 5 nitrogen and oxygen atoms in total. The number of rotatable bonds is 5. The lowest BCUT2D eigenvalue weighted by Gasteiger charge is -2.28. The van der Waals surface area contributed by atoms with Crippen LogP contribution < -0.4 is 4.74 Å². The van der Waals surface area contributed by atoms with Gasteiger partial charge in [-0.3, -0.25) is 14.9 Å². The first-order valence-electron chi connectivity index (χ1n) is 10.8. The fourth-order valence-electron chi connectivity index (χ4n) is 5.55. The SMILES string of the molecule is COc1ccc(-c2[nH]ncc2CN2C[C@@H]3CN(C)[C@@H](c4ccccc4C)[C@@H]3C2)cc1. The largest absolute Gasteiger partial charge is 0.497 e. The van der Waals surface area contributed by atoms with E-state index < -0.39 is 0 Å². The predicted octanol–water partition coefficient (Wildman–Crippen LogP) is 4.13. The number of hydrogen-bond acceptors (Lipinski definition) is 4. The van der Waals surface area contributed by atoms with E-state index in [-0.39, 0.29) is 0 Å². The van der Waals surface area contributed by atoms with Crippen molar-refractivity contribution < 1.29 is 4.74 Å². The predicted molar refractivity (Wildman–Crippen MR) is 119 cm³/mol. The maximum atomic E-state index is 5.29. The van der Waals surface area contributed by atoms with E-state index in [0.29, 0.717) is 12.0 Å². The first-order chi connectivity index (χ1) is 14.6. The van der Waals surface area contributed by atoms with Gasteiger partial charge in [0.2, 0.25) is 0 Å². The Morgan fingerprint density at radius 2 is 1.87 bits per heavy atom. The fraction of sp³-hybridized carbons (Fsp3) is 0.400. The zero-order valence-electron chi connectivity index (χ0n) is 18.0. The van der Waals surface area contributed by atoms with Gasteiger partial charge in [0.15, 0.2) is 0 Å². The molecule has 0 spiro atoms. The minimum absolute atomic E-state index is 0.520. The molecule has 2 fully saturated rings. The minimum Gasteiger partial charge on any atom is -0.497 e. The van der Waals surface area contributed by atoms with Crippen molar-refractivity contribution in [2.24, 2.45) is 11.8 Å². The molecule has 0 bridgehead atoms. The van der Waals surface area contributed by atoms with Crippen molar-refractivity contribution in [3.05, 3.63) is 71.4 Å². The molecule has 5 rings (SSSR count). The van der Waals surface area contributed by atoms with Crippen molar-refractivity contribution >= 4 is 0 Å². The zero-order valence-corrected chi connectivity index (χ0v) is 18.0. The second-order valence-corrected chi connectivity index (χ2v) is 8.86. The maximum Gasteiger partial charge on any atom is 0.118 e. The number of ether oxygens (including phenoxy) is 1. The molecular weight excluding hydrogens is 372 g/mol. The van der Waals surface area contributed by atoms with Gasteiger partial charge in [0.1, 0.15) is 5.75 Å². The van der Waals surface area contributed by atoms with Crippen LogP contribution in [0.5, 0.6) is 5.75 Å². The second kappa shape index (κ2) is 7.89. The number of aromatic nitrogens is 2. The number of aromatic amines is 1. The molecule has 2 aliphatic heterocycles. The van der Waals surface area contributed by atoms with Crippen molar-refractivity contribution in [3.8, 4) is 17.0 Å². The molecule has 3 heterocycles. The van der Waals surface area contributed by atoms with E-state index in [1.807, 2.05) is 18.3 Å². The van der Waals surface area contributed by atoms with E-state index in [1.165, 1.54) is 23.2 Å². The molecule has 3 atom stereocenters. The summed E-state index contributed by atoms with van der Waals surface area (Å²) in [6.45, 7) is 6.66. The van der Waals surface area contributed by atoms with E-state index in [2.05, 4.69) is 70.4 Å².